The molecule has 118 valence electrons. The standard InChI is InChI=1S/C17H22N2O3/c1-5-13-9-6-7-10-14(13)15(20)18-11-8-12-19-16(21)22-17(2,3)4/h1,6-7,9-10H,8,11-12H2,2-4H3,(H,18,20)(H,19,21). The molecule has 0 atom stereocenters. The minimum Gasteiger partial charge on any atom is -0.444 e. The van der Waals surface area contributed by atoms with Crippen molar-refractivity contribution in [2.75, 3.05) is 13.1 Å². The van der Waals surface area contributed by atoms with Gasteiger partial charge in [0.05, 0.1) is 5.56 Å². The second-order valence-electron chi connectivity index (χ2n) is 5.73. The fraction of sp³-hybridized carbons (Fsp3) is 0.412. The first-order valence-electron chi connectivity index (χ1n) is 7.14. The van der Waals surface area contributed by atoms with Crippen molar-refractivity contribution in [3.63, 3.8) is 0 Å². The summed E-state index contributed by atoms with van der Waals surface area (Å²) in [5.74, 6) is 2.26. The summed E-state index contributed by atoms with van der Waals surface area (Å²) in [6.45, 7) is 6.26. The van der Waals surface area contributed by atoms with Gasteiger partial charge in [0.15, 0.2) is 0 Å². The first-order valence-corrected chi connectivity index (χ1v) is 7.14. The number of hydrogen-bond donors (Lipinski definition) is 2. The second kappa shape index (κ2) is 8.08. The molecule has 0 fully saturated rings. The zero-order valence-corrected chi connectivity index (χ0v) is 13.2. The molecule has 1 rings (SSSR count). The van der Waals surface area contributed by atoms with E-state index in [-0.39, 0.29) is 5.91 Å². The van der Waals surface area contributed by atoms with Crippen molar-refractivity contribution in [2.24, 2.45) is 0 Å². The van der Waals surface area contributed by atoms with Crippen LogP contribution < -0.4 is 10.6 Å². The van der Waals surface area contributed by atoms with E-state index < -0.39 is 11.7 Å². The number of hydrogen-bond acceptors (Lipinski definition) is 3. The predicted molar refractivity (Wildman–Crippen MR) is 85.6 cm³/mol. The van der Waals surface area contributed by atoms with E-state index >= 15 is 0 Å². The fourth-order valence-electron chi connectivity index (χ4n) is 1.70. The minimum atomic E-state index is -0.517. The SMILES string of the molecule is C#Cc1ccccc1C(=O)NCCCNC(=O)OC(C)(C)C. The van der Waals surface area contributed by atoms with Gasteiger partial charge in [0, 0.05) is 18.7 Å². The Morgan fingerprint density at radius 2 is 1.82 bits per heavy atom. The molecule has 0 aliphatic carbocycles. The quantitative estimate of drug-likeness (QED) is 0.648. The molecule has 0 bridgehead atoms. The summed E-state index contributed by atoms with van der Waals surface area (Å²) in [6.07, 6.45) is 5.50. The van der Waals surface area contributed by atoms with Crippen molar-refractivity contribution in [3.8, 4) is 12.3 Å². The summed E-state index contributed by atoms with van der Waals surface area (Å²) >= 11 is 0. The Bertz CT molecular complexity index is 568. The van der Waals surface area contributed by atoms with Crippen molar-refractivity contribution < 1.29 is 14.3 Å². The number of benzene rings is 1. The van der Waals surface area contributed by atoms with Crippen molar-refractivity contribution in [1.29, 1.82) is 0 Å². The molecule has 2 N–H and O–H groups in total. The van der Waals surface area contributed by atoms with Gasteiger partial charge in [-0.05, 0) is 39.3 Å². The van der Waals surface area contributed by atoms with Crippen molar-refractivity contribution in [2.45, 2.75) is 32.8 Å². The second-order valence-corrected chi connectivity index (χ2v) is 5.73. The smallest absolute Gasteiger partial charge is 0.407 e. The van der Waals surface area contributed by atoms with Gasteiger partial charge in [0.1, 0.15) is 5.60 Å². The molecule has 0 spiro atoms. The van der Waals surface area contributed by atoms with Gasteiger partial charge in [-0.2, -0.15) is 0 Å². The summed E-state index contributed by atoms with van der Waals surface area (Å²) in [6, 6.07) is 6.96. The third-order valence-electron chi connectivity index (χ3n) is 2.63. The van der Waals surface area contributed by atoms with E-state index in [0.29, 0.717) is 30.6 Å². The van der Waals surface area contributed by atoms with Gasteiger partial charge in [-0.15, -0.1) is 6.42 Å². The molecule has 0 heterocycles. The highest BCUT2D eigenvalue weighted by Crippen LogP contribution is 2.07. The van der Waals surface area contributed by atoms with Gasteiger partial charge in [-0.1, -0.05) is 18.1 Å². The number of rotatable bonds is 5. The van der Waals surface area contributed by atoms with Crippen molar-refractivity contribution in [3.05, 3.63) is 35.4 Å². The largest absolute Gasteiger partial charge is 0.444 e. The molecule has 0 unspecified atom stereocenters. The number of nitrogens with one attached hydrogen (secondary N) is 2. The zero-order valence-electron chi connectivity index (χ0n) is 13.2. The molecule has 0 saturated carbocycles. The first-order chi connectivity index (χ1) is 10.3. The van der Waals surface area contributed by atoms with Gasteiger partial charge in [-0.3, -0.25) is 4.79 Å². The van der Waals surface area contributed by atoms with Crippen LogP contribution in [0.15, 0.2) is 24.3 Å². The Labute approximate surface area is 131 Å². The van der Waals surface area contributed by atoms with E-state index in [1.54, 1.807) is 45.0 Å². The van der Waals surface area contributed by atoms with E-state index in [0.717, 1.165) is 0 Å². The fourth-order valence-corrected chi connectivity index (χ4v) is 1.70. The summed E-state index contributed by atoms with van der Waals surface area (Å²) in [5.41, 5.74) is 0.522. The summed E-state index contributed by atoms with van der Waals surface area (Å²) < 4.78 is 5.11. The molecule has 0 aliphatic heterocycles. The van der Waals surface area contributed by atoms with E-state index in [4.69, 9.17) is 11.2 Å². The molecule has 2 amide bonds. The molecule has 1 aromatic rings. The number of ether oxygens (including phenoxy) is 1. The minimum absolute atomic E-state index is 0.217. The Hall–Kier alpha value is -2.48. The lowest BCUT2D eigenvalue weighted by Crippen LogP contribution is -2.34. The van der Waals surface area contributed by atoms with Crippen LogP contribution in [0.25, 0.3) is 0 Å². The lowest BCUT2D eigenvalue weighted by atomic mass is 10.1. The van der Waals surface area contributed by atoms with Crippen molar-refractivity contribution >= 4 is 12.0 Å². The van der Waals surface area contributed by atoms with E-state index in [1.807, 2.05) is 0 Å². The Morgan fingerprint density at radius 3 is 2.45 bits per heavy atom. The van der Waals surface area contributed by atoms with Gasteiger partial charge < -0.3 is 15.4 Å². The molecule has 0 saturated heterocycles. The van der Waals surface area contributed by atoms with Crippen LogP contribution in [0.3, 0.4) is 0 Å². The topological polar surface area (TPSA) is 67.4 Å². The van der Waals surface area contributed by atoms with E-state index in [1.165, 1.54) is 0 Å². The maximum atomic E-state index is 12.0. The Balaban J connectivity index is 2.29. The maximum Gasteiger partial charge on any atom is 0.407 e. The van der Waals surface area contributed by atoms with Crippen LogP contribution in [0.2, 0.25) is 0 Å². The third kappa shape index (κ3) is 6.31. The van der Waals surface area contributed by atoms with E-state index in [9.17, 15) is 9.59 Å². The van der Waals surface area contributed by atoms with Crippen LogP contribution >= 0.6 is 0 Å². The number of amides is 2. The number of terminal acetylenes is 1. The molecule has 5 nitrogen and oxygen atoms in total. The third-order valence-corrected chi connectivity index (χ3v) is 2.63. The monoisotopic (exact) mass is 302 g/mol. The maximum absolute atomic E-state index is 12.0. The lowest BCUT2D eigenvalue weighted by molar-refractivity contribution is 0.0527. The highest BCUT2D eigenvalue weighted by molar-refractivity contribution is 5.96. The van der Waals surface area contributed by atoms with Crippen LogP contribution in [0.4, 0.5) is 4.79 Å². The Morgan fingerprint density at radius 1 is 1.18 bits per heavy atom. The molecular formula is C17H22N2O3. The average Bonchev–Trinajstić information content (AvgIpc) is 2.44. The Kier molecular flexibility index (Phi) is 6.46. The molecule has 0 radical (unpaired) electrons. The highest BCUT2D eigenvalue weighted by atomic mass is 16.6. The van der Waals surface area contributed by atoms with Gasteiger partial charge in [0.25, 0.3) is 5.91 Å². The number of alkyl carbamates (subject to hydrolysis) is 1. The summed E-state index contributed by atoms with van der Waals surface area (Å²) in [4.78, 5) is 23.4. The normalized spacial score (nSPS) is 10.5. The van der Waals surface area contributed by atoms with Gasteiger partial charge >= 0.3 is 6.09 Å². The zero-order chi connectivity index (χ0) is 16.6. The number of carbonyl (C=O) groups is 2. The van der Waals surface area contributed by atoms with Crippen LogP contribution in [0.5, 0.6) is 0 Å². The van der Waals surface area contributed by atoms with Gasteiger partial charge in [0.2, 0.25) is 0 Å². The number of carbonyl (C=O) groups excluding carboxylic acids is 2. The highest BCUT2D eigenvalue weighted by Gasteiger charge is 2.15. The van der Waals surface area contributed by atoms with Crippen LogP contribution in [0, 0.1) is 12.3 Å². The first kappa shape index (κ1) is 17.6. The molecule has 0 aromatic heterocycles. The lowest BCUT2D eigenvalue weighted by Gasteiger charge is -2.19. The molecule has 5 heteroatoms. The molecule has 22 heavy (non-hydrogen) atoms. The van der Waals surface area contributed by atoms with Crippen LogP contribution in [-0.2, 0) is 4.74 Å². The molecule has 0 aliphatic rings. The molecular weight excluding hydrogens is 280 g/mol. The van der Waals surface area contributed by atoms with Crippen LogP contribution in [0.1, 0.15) is 43.1 Å². The van der Waals surface area contributed by atoms with E-state index in [2.05, 4.69) is 16.6 Å². The summed E-state index contributed by atoms with van der Waals surface area (Å²) in [5, 5.41) is 5.40. The van der Waals surface area contributed by atoms with Gasteiger partial charge in [-0.25, -0.2) is 4.79 Å². The van der Waals surface area contributed by atoms with Crippen molar-refractivity contribution in [1.82, 2.24) is 10.6 Å². The summed E-state index contributed by atoms with van der Waals surface area (Å²) in [7, 11) is 0. The predicted octanol–water partition coefficient (Wildman–Crippen LogP) is 2.31. The molecule has 1 aromatic carbocycles. The average molecular weight is 302 g/mol. The van der Waals surface area contributed by atoms with Crippen LogP contribution in [-0.4, -0.2) is 30.7 Å².